The van der Waals surface area contributed by atoms with Gasteiger partial charge in [0.2, 0.25) is 5.91 Å². The largest absolute Gasteiger partial charge is 0.485 e. The summed E-state index contributed by atoms with van der Waals surface area (Å²) in [6.07, 6.45) is 10.5. The SMILES string of the molecule is C/C=C\C(=C/C)C1(N(C)C)CCN(C(=O)CCc2ccccc2OC(CCNC)c2cccs2)CC1. The number of hydrogen-bond acceptors (Lipinski definition) is 5. The molecule has 0 saturated carbocycles. The Morgan fingerprint density at radius 3 is 2.56 bits per heavy atom. The van der Waals surface area contributed by atoms with Crippen LogP contribution in [0.2, 0.25) is 0 Å². The number of benzene rings is 1. The van der Waals surface area contributed by atoms with Gasteiger partial charge in [0.15, 0.2) is 0 Å². The van der Waals surface area contributed by atoms with Crippen LogP contribution in [0.15, 0.2) is 65.6 Å². The summed E-state index contributed by atoms with van der Waals surface area (Å²) in [7, 11) is 6.27. The van der Waals surface area contributed by atoms with Crippen LogP contribution in [0.1, 0.15) is 56.1 Å². The third-order valence-electron chi connectivity index (χ3n) is 7.36. The maximum absolute atomic E-state index is 13.2. The van der Waals surface area contributed by atoms with Crippen molar-refractivity contribution in [1.82, 2.24) is 15.1 Å². The summed E-state index contributed by atoms with van der Waals surface area (Å²) in [6.45, 7) is 6.63. The van der Waals surface area contributed by atoms with Crippen molar-refractivity contribution in [3.8, 4) is 5.75 Å². The molecule has 3 rings (SSSR count). The zero-order valence-electron chi connectivity index (χ0n) is 22.6. The summed E-state index contributed by atoms with van der Waals surface area (Å²) >= 11 is 1.73. The molecule has 0 radical (unpaired) electrons. The maximum Gasteiger partial charge on any atom is 0.222 e. The van der Waals surface area contributed by atoms with E-state index in [4.69, 9.17) is 4.74 Å². The number of para-hydroxylation sites is 1. The van der Waals surface area contributed by atoms with Gasteiger partial charge in [-0.05, 0) is 89.4 Å². The van der Waals surface area contributed by atoms with Crippen LogP contribution in [0.25, 0.3) is 0 Å². The normalized spacial score (nSPS) is 17.1. The molecule has 0 aliphatic carbocycles. The summed E-state index contributed by atoms with van der Waals surface area (Å²) in [5.74, 6) is 1.12. The molecule has 1 amide bonds. The van der Waals surface area contributed by atoms with Crippen LogP contribution < -0.4 is 10.1 Å². The van der Waals surface area contributed by atoms with Crippen LogP contribution >= 0.6 is 11.3 Å². The number of likely N-dealkylation sites (N-methyl/N-ethyl adjacent to an activating group) is 1. The molecule has 196 valence electrons. The molecular formula is C30H43N3O2S. The lowest BCUT2D eigenvalue weighted by molar-refractivity contribution is -0.133. The quantitative estimate of drug-likeness (QED) is 0.364. The second kappa shape index (κ2) is 13.8. The molecular weight excluding hydrogens is 466 g/mol. The maximum atomic E-state index is 13.2. The number of likely N-dealkylation sites (tertiary alicyclic amines) is 1. The molecule has 1 aliphatic rings. The number of ether oxygens (including phenoxy) is 1. The minimum absolute atomic E-state index is 0.00791. The Hall–Kier alpha value is -2.41. The first-order valence-corrected chi connectivity index (χ1v) is 14.0. The van der Waals surface area contributed by atoms with Gasteiger partial charge in [-0.3, -0.25) is 9.69 Å². The fourth-order valence-corrected chi connectivity index (χ4v) is 6.00. The number of carbonyl (C=O) groups excluding carboxylic acids is 1. The molecule has 1 aliphatic heterocycles. The number of rotatable bonds is 12. The van der Waals surface area contributed by atoms with Gasteiger partial charge < -0.3 is 15.0 Å². The van der Waals surface area contributed by atoms with Gasteiger partial charge >= 0.3 is 0 Å². The van der Waals surface area contributed by atoms with Crippen LogP contribution in [-0.4, -0.2) is 62.0 Å². The van der Waals surface area contributed by atoms with E-state index in [1.165, 1.54) is 10.5 Å². The molecule has 0 spiro atoms. The van der Waals surface area contributed by atoms with Crippen molar-refractivity contribution in [2.45, 2.75) is 57.6 Å². The molecule has 1 fully saturated rings. The summed E-state index contributed by atoms with van der Waals surface area (Å²) in [5, 5.41) is 5.33. The minimum atomic E-state index is -0.0113. The number of amides is 1. The highest BCUT2D eigenvalue weighted by molar-refractivity contribution is 7.10. The van der Waals surface area contributed by atoms with E-state index in [0.717, 1.165) is 50.2 Å². The fraction of sp³-hybridized carbons (Fsp3) is 0.500. The molecule has 1 aromatic heterocycles. The first kappa shape index (κ1) is 28.2. The molecule has 1 unspecified atom stereocenters. The molecule has 1 N–H and O–H groups in total. The Labute approximate surface area is 221 Å². The van der Waals surface area contributed by atoms with Crippen molar-refractivity contribution in [3.63, 3.8) is 0 Å². The summed E-state index contributed by atoms with van der Waals surface area (Å²) in [5.41, 5.74) is 2.43. The average molecular weight is 510 g/mol. The number of piperidine rings is 1. The summed E-state index contributed by atoms with van der Waals surface area (Å²) < 4.78 is 6.51. The lowest BCUT2D eigenvalue weighted by Gasteiger charge is -2.47. The second-order valence-electron chi connectivity index (χ2n) is 9.67. The molecule has 1 atom stereocenters. The second-order valence-corrected chi connectivity index (χ2v) is 10.7. The van der Waals surface area contributed by atoms with Crippen molar-refractivity contribution < 1.29 is 9.53 Å². The fourth-order valence-electron chi connectivity index (χ4n) is 5.21. The number of aryl methyl sites for hydroxylation is 1. The van der Waals surface area contributed by atoms with Gasteiger partial charge in [0.25, 0.3) is 0 Å². The summed E-state index contributed by atoms with van der Waals surface area (Å²) in [4.78, 5) is 18.8. The van der Waals surface area contributed by atoms with Gasteiger partial charge in [0.1, 0.15) is 11.9 Å². The third-order valence-corrected chi connectivity index (χ3v) is 8.33. The topological polar surface area (TPSA) is 44.8 Å². The van der Waals surface area contributed by atoms with E-state index in [1.807, 2.05) is 25.2 Å². The van der Waals surface area contributed by atoms with E-state index in [2.05, 4.69) is 84.9 Å². The van der Waals surface area contributed by atoms with Gasteiger partial charge in [-0.2, -0.15) is 0 Å². The van der Waals surface area contributed by atoms with E-state index in [1.54, 1.807) is 11.3 Å². The molecule has 5 nitrogen and oxygen atoms in total. The first-order valence-electron chi connectivity index (χ1n) is 13.1. The standard InChI is InChI=1S/C30H43N3O2S/c1-6-11-25(7-2)30(32(4)5)18-21-33(22-19-30)29(34)16-15-24-12-8-9-13-26(24)35-27(17-20-31-3)28-14-10-23-36-28/h6-14,23,27,31H,15-22H2,1-5H3/b11-6-,25-7+. The molecule has 2 heterocycles. The highest BCUT2D eigenvalue weighted by Gasteiger charge is 2.39. The van der Waals surface area contributed by atoms with Crippen LogP contribution in [0.3, 0.4) is 0 Å². The Balaban J connectivity index is 1.63. The zero-order valence-corrected chi connectivity index (χ0v) is 23.4. The average Bonchev–Trinajstić information content (AvgIpc) is 3.44. The van der Waals surface area contributed by atoms with E-state index < -0.39 is 0 Å². The molecule has 2 aromatic rings. The molecule has 6 heteroatoms. The predicted molar refractivity (Wildman–Crippen MR) is 152 cm³/mol. The van der Waals surface area contributed by atoms with Crippen molar-refractivity contribution in [1.29, 1.82) is 0 Å². The van der Waals surface area contributed by atoms with Crippen LogP contribution in [0, 0.1) is 0 Å². The smallest absolute Gasteiger partial charge is 0.222 e. The van der Waals surface area contributed by atoms with Gasteiger partial charge in [-0.25, -0.2) is 0 Å². The van der Waals surface area contributed by atoms with E-state index >= 15 is 0 Å². The number of allylic oxidation sites excluding steroid dienone is 2. The Morgan fingerprint density at radius 1 is 1.19 bits per heavy atom. The number of carbonyl (C=O) groups is 1. The van der Waals surface area contributed by atoms with Crippen LogP contribution in [-0.2, 0) is 11.2 Å². The Bertz CT molecular complexity index is 1000. The number of hydrogen-bond donors (Lipinski definition) is 1. The summed E-state index contributed by atoms with van der Waals surface area (Å²) in [6, 6.07) is 12.4. The van der Waals surface area contributed by atoms with Gasteiger partial charge in [0.05, 0.1) is 0 Å². The van der Waals surface area contributed by atoms with Gasteiger partial charge in [0, 0.05) is 36.3 Å². The molecule has 36 heavy (non-hydrogen) atoms. The lowest BCUT2D eigenvalue weighted by Crippen LogP contribution is -2.54. The van der Waals surface area contributed by atoms with Crippen molar-refractivity contribution >= 4 is 17.2 Å². The lowest BCUT2D eigenvalue weighted by atomic mass is 9.78. The monoisotopic (exact) mass is 509 g/mol. The minimum Gasteiger partial charge on any atom is -0.485 e. The Morgan fingerprint density at radius 2 is 1.94 bits per heavy atom. The molecule has 1 aromatic carbocycles. The Kier molecular flexibility index (Phi) is 10.8. The highest BCUT2D eigenvalue weighted by atomic mass is 32.1. The van der Waals surface area contributed by atoms with Crippen molar-refractivity contribution in [2.24, 2.45) is 0 Å². The molecule has 0 bridgehead atoms. The number of thiophene rings is 1. The third kappa shape index (κ3) is 6.87. The highest BCUT2D eigenvalue weighted by Crippen LogP contribution is 2.36. The van der Waals surface area contributed by atoms with Crippen LogP contribution in [0.4, 0.5) is 0 Å². The van der Waals surface area contributed by atoms with E-state index in [-0.39, 0.29) is 17.6 Å². The van der Waals surface area contributed by atoms with E-state index in [0.29, 0.717) is 12.8 Å². The first-order chi connectivity index (χ1) is 17.4. The van der Waals surface area contributed by atoms with E-state index in [9.17, 15) is 4.79 Å². The van der Waals surface area contributed by atoms with Gasteiger partial charge in [-0.15, -0.1) is 11.3 Å². The van der Waals surface area contributed by atoms with Gasteiger partial charge in [-0.1, -0.05) is 42.5 Å². The molecule has 1 saturated heterocycles. The number of nitrogens with zero attached hydrogens (tertiary/aromatic N) is 2. The van der Waals surface area contributed by atoms with Crippen molar-refractivity contribution in [2.75, 3.05) is 40.8 Å². The zero-order chi connectivity index (χ0) is 26.0. The van der Waals surface area contributed by atoms with Crippen molar-refractivity contribution in [3.05, 3.63) is 76.0 Å². The predicted octanol–water partition coefficient (Wildman–Crippen LogP) is 5.86. The number of nitrogens with one attached hydrogen (secondary N) is 1. The van der Waals surface area contributed by atoms with Crippen LogP contribution in [0.5, 0.6) is 5.75 Å².